The van der Waals surface area contributed by atoms with Crippen molar-refractivity contribution in [3.63, 3.8) is 0 Å². The zero-order valence-electron chi connectivity index (χ0n) is 8.66. The first kappa shape index (κ1) is 9.65. The van der Waals surface area contributed by atoms with Crippen molar-refractivity contribution in [2.75, 3.05) is 19.6 Å². The number of amidine groups is 1. The molecule has 0 aromatic rings. The molecule has 0 spiro atoms. The van der Waals surface area contributed by atoms with Gasteiger partial charge in [0.1, 0.15) is 13.1 Å². The molecule has 78 valence electrons. The molecule has 0 radical (unpaired) electrons. The van der Waals surface area contributed by atoms with Crippen LogP contribution in [0.1, 0.15) is 32.6 Å². The lowest BCUT2D eigenvalue weighted by molar-refractivity contribution is -1.01. The summed E-state index contributed by atoms with van der Waals surface area (Å²) >= 11 is 0. The second-order valence-electron chi connectivity index (χ2n) is 3.91. The average molecular weight is 197 g/mol. The molecule has 0 saturated carbocycles. The van der Waals surface area contributed by atoms with Gasteiger partial charge in [-0.05, 0) is 0 Å². The van der Waals surface area contributed by atoms with Crippen LogP contribution in [0.25, 0.3) is 0 Å². The summed E-state index contributed by atoms with van der Waals surface area (Å²) in [5, 5.41) is 0. The standard InChI is InChI=1S/C10H17N2O2/c1-2-10(13)14-12-7-3-5-9(12)11-6-4-8-12/h2-8H2,1H3/q+1. The maximum Gasteiger partial charge on any atom is 0.367 e. The number of aliphatic imine (C=N–C) groups is 1. The van der Waals surface area contributed by atoms with E-state index in [-0.39, 0.29) is 5.97 Å². The van der Waals surface area contributed by atoms with E-state index in [0.29, 0.717) is 11.1 Å². The highest BCUT2D eigenvalue weighted by molar-refractivity contribution is 5.78. The van der Waals surface area contributed by atoms with Crippen molar-refractivity contribution >= 4 is 11.8 Å². The fraction of sp³-hybridized carbons (Fsp3) is 0.800. The van der Waals surface area contributed by atoms with Gasteiger partial charge in [-0.25, -0.2) is 9.79 Å². The molecule has 1 saturated heterocycles. The highest BCUT2D eigenvalue weighted by Crippen LogP contribution is 2.27. The molecule has 2 aliphatic heterocycles. The van der Waals surface area contributed by atoms with Crippen molar-refractivity contribution in [1.82, 2.24) is 0 Å². The largest absolute Gasteiger partial charge is 0.367 e. The number of nitrogens with zero attached hydrogens (tertiary/aromatic N) is 2. The van der Waals surface area contributed by atoms with Crippen LogP contribution >= 0.6 is 0 Å². The Morgan fingerprint density at radius 1 is 1.50 bits per heavy atom. The lowest BCUT2D eigenvalue weighted by Gasteiger charge is -2.31. The van der Waals surface area contributed by atoms with E-state index in [1.54, 1.807) is 0 Å². The Balaban J connectivity index is 2.15. The summed E-state index contributed by atoms with van der Waals surface area (Å²) < 4.78 is 0.409. The molecule has 2 heterocycles. The molecule has 2 aliphatic rings. The first-order valence-corrected chi connectivity index (χ1v) is 5.40. The summed E-state index contributed by atoms with van der Waals surface area (Å²) in [7, 11) is 0. The molecule has 1 unspecified atom stereocenters. The van der Waals surface area contributed by atoms with E-state index < -0.39 is 0 Å². The van der Waals surface area contributed by atoms with Gasteiger partial charge in [0.05, 0.1) is 13.0 Å². The summed E-state index contributed by atoms with van der Waals surface area (Å²) in [5.41, 5.74) is 0. The number of hydrogen-bond acceptors (Lipinski definition) is 3. The molecular formula is C10H17N2O2+. The Morgan fingerprint density at radius 3 is 3.07 bits per heavy atom. The first-order valence-electron chi connectivity index (χ1n) is 5.40. The van der Waals surface area contributed by atoms with Crippen molar-refractivity contribution in [3.05, 3.63) is 0 Å². The van der Waals surface area contributed by atoms with Crippen LogP contribution in [0.15, 0.2) is 4.99 Å². The molecular weight excluding hydrogens is 180 g/mol. The number of hydroxylamine groups is 3. The number of fused-ring (bicyclic) bond motifs is 1. The number of carbonyl (C=O) groups excluding carboxylic acids is 1. The zero-order chi connectivity index (χ0) is 10.0. The maximum absolute atomic E-state index is 11.3. The second kappa shape index (κ2) is 3.69. The number of carbonyl (C=O) groups is 1. The van der Waals surface area contributed by atoms with Crippen LogP contribution in [0.2, 0.25) is 0 Å². The van der Waals surface area contributed by atoms with Crippen LogP contribution in [-0.2, 0) is 9.63 Å². The van der Waals surface area contributed by atoms with Gasteiger partial charge >= 0.3 is 5.97 Å². The van der Waals surface area contributed by atoms with E-state index in [1.165, 1.54) is 0 Å². The van der Waals surface area contributed by atoms with Crippen LogP contribution < -0.4 is 0 Å². The predicted molar refractivity (Wildman–Crippen MR) is 52.5 cm³/mol. The van der Waals surface area contributed by atoms with Gasteiger partial charge in [0, 0.05) is 19.3 Å². The third kappa shape index (κ3) is 1.54. The van der Waals surface area contributed by atoms with Crippen molar-refractivity contribution in [1.29, 1.82) is 0 Å². The molecule has 2 rings (SSSR count). The third-order valence-corrected chi connectivity index (χ3v) is 2.93. The normalized spacial score (nSPS) is 30.8. The molecule has 0 N–H and O–H groups in total. The highest BCUT2D eigenvalue weighted by Gasteiger charge is 2.45. The number of hydrogen-bond donors (Lipinski definition) is 0. The smallest absolute Gasteiger partial charge is 0.270 e. The lowest BCUT2D eigenvalue weighted by Crippen LogP contribution is -2.52. The Morgan fingerprint density at radius 2 is 2.29 bits per heavy atom. The minimum absolute atomic E-state index is 0.110. The minimum atomic E-state index is -0.110. The highest BCUT2D eigenvalue weighted by atomic mass is 16.7. The summed E-state index contributed by atoms with van der Waals surface area (Å²) in [6.07, 6.45) is 3.57. The van der Waals surface area contributed by atoms with Gasteiger partial charge in [0.15, 0.2) is 0 Å². The van der Waals surface area contributed by atoms with Crippen LogP contribution in [-0.4, -0.2) is 36.1 Å². The molecule has 1 fully saturated rings. The molecule has 0 aromatic carbocycles. The predicted octanol–water partition coefficient (Wildman–Crippen LogP) is 1.27. The minimum Gasteiger partial charge on any atom is -0.270 e. The van der Waals surface area contributed by atoms with Crippen molar-refractivity contribution < 1.29 is 14.3 Å². The Bertz CT molecular complexity index is 275. The molecule has 0 bridgehead atoms. The van der Waals surface area contributed by atoms with Crippen LogP contribution in [0.3, 0.4) is 0 Å². The summed E-state index contributed by atoms with van der Waals surface area (Å²) in [6.45, 7) is 4.58. The second-order valence-corrected chi connectivity index (χ2v) is 3.91. The molecule has 4 heteroatoms. The Kier molecular flexibility index (Phi) is 2.54. The van der Waals surface area contributed by atoms with Gasteiger partial charge in [-0.3, -0.25) is 4.84 Å². The molecule has 0 aliphatic carbocycles. The fourth-order valence-corrected chi connectivity index (χ4v) is 2.21. The van der Waals surface area contributed by atoms with E-state index in [1.807, 2.05) is 6.92 Å². The van der Waals surface area contributed by atoms with Crippen molar-refractivity contribution in [2.45, 2.75) is 32.6 Å². The number of rotatable bonds is 2. The van der Waals surface area contributed by atoms with E-state index in [2.05, 4.69) is 4.99 Å². The summed E-state index contributed by atoms with van der Waals surface area (Å²) in [5.74, 6) is 0.972. The monoisotopic (exact) mass is 197 g/mol. The molecule has 0 aromatic heterocycles. The van der Waals surface area contributed by atoms with Crippen molar-refractivity contribution in [3.8, 4) is 0 Å². The van der Waals surface area contributed by atoms with E-state index in [9.17, 15) is 4.79 Å². The molecule has 0 amide bonds. The van der Waals surface area contributed by atoms with Crippen LogP contribution in [0, 0.1) is 0 Å². The zero-order valence-corrected chi connectivity index (χ0v) is 8.66. The Hall–Kier alpha value is -0.900. The van der Waals surface area contributed by atoms with Gasteiger partial charge in [-0.2, -0.15) is 0 Å². The van der Waals surface area contributed by atoms with Gasteiger partial charge in [-0.1, -0.05) is 11.6 Å². The quantitative estimate of drug-likeness (QED) is 0.625. The van der Waals surface area contributed by atoms with Gasteiger partial charge in [0.25, 0.3) is 0 Å². The van der Waals surface area contributed by atoms with Crippen LogP contribution in [0.4, 0.5) is 0 Å². The topological polar surface area (TPSA) is 38.7 Å². The van der Waals surface area contributed by atoms with Gasteiger partial charge in [-0.15, -0.1) is 0 Å². The third-order valence-electron chi connectivity index (χ3n) is 2.93. The SMILES string of the molecule is CCC(=O)O[N+]12CCCN=C1CCC2. The number of quaternary nitrogens is 1. The summed E-state index contributed by atoms with van der Waals surface area (Å²) in [6, 6.07) is 0. The van der Waals surface area contributed by atoms with E-state index in [4.69, 9.17) is 4.84 Å². The Labute approximate surface area is 84.1 Å². The molecule has 4 nitrogen and oxygen atoms in total. The van der Waals surface area contributed by atoms with Crippen LogP contribution in [0.5, 0.6) is 0 Å². The molecule has 14 heavy (non-hydrogen) atoms. The van der Waals surface area contributed by atoms with Gasteiger partial charge in [0.2, 0.25) is 5.84 Å². The van der Waals surface area contributed by atoms with Crippen molar-refractivity contribution in [2.24, 2.45) is 4.99 Å². The lowest BCUT2D eigenvalue weighted by atomic mass is 10.3. The van der Waals surface area contributed by atoms with E-state index >= 15 is 0 Å². The maximum atomic E-state index is 11.3. The molecule has 1 atom stereocenters. The van der Waals surface area contributed by atoms with Gasteiger partial charge < -0.3 is 0 Å². The average Bonchev–Trinajstić information content (AvgIpc) is 2.60. The first-order chi connectivity index (χ1) is 6.77. The van der Waals surface area contributed by atoms with E-state index in [0.717, 1.165) is 44.7 Å². The summed E-state index contributed by atoms with van der Waals surface area (Å²) in [4.78, 5) is 21.3. The fourth-order valence-electron chi connectivity index (χ4n) is 2.21.